The first-order valence-corrected chi connectivity index (χ1v) is 3.47. The lowest BCUT2D eigenvalue weighted by Gasteiger charge is -1.95. The van der Waals surface area contributed by atoms with Crippen molar-refractivity contribution in [3.8, 4) is 0 Å². The average molecular weight is 137 g/mol. The zero-order valence-corrected chi connectivity index (χ0v) is 6.72. The molecular formula is C9H15N. The molecule has 0 spiro atoms. The molecule has 2 N–H and O–H groups in total. The van der Waals surface area contributed by atoms with E-state index in [9.17, 15) is 0 Å². The zero-order chi connectivity index (χ0) is 7.98. The van der Waals surface area contributed by atoms with Crippen LogP contribution in [0.1, 0.15) is 20.3 Å². The van der Waals surface area contributed by atoms with Gasteiger partial charge in [0.1, 0.15) is 0 Å². The smallest absolute Gasteiger partial charge is 0.0122 e. The standard InChI is InChI=1S/C9H15N/c1-4-6-7-9(5-2)8(3)10/h5-7H,2,4,10H2,1,3H3/b7-6-,9-8+. The molecule has 0 aromatic rings. The Kier molecular flexibility index (Phi) is 4.38. The molecule has 0 radical (unpaired) electrons. The summed E-state index contributed by atoms with van der Waals surface area (Å²) in [6, 6.07) is 0. The summed E-state index contributed by atoms with van der Waals surface area (Å²) in [7, 11) is 0. The van der Waals surface area contributed by atoms with Crippen molar-refractivity contribution in [3.63, 3.8) is 0 Å². The molecule has 0 aromatic carbocycles. The summed E-state index contributed by atoms with van der Waals surface area (Å²) >= 11 is 0. The Balaban J connectivity index is 4.24. The first-order chi connectivity index (χ1) is 4.72. The molecule has 0 atom stereocenters. The van der Waals surface area contributed by atoms with Gasteiger partial charge in [-0.1, -0.05) is 31.7 Å². The highest BCUT2D eigenvalue weighted by molar-refractivity contribution is 5.32. The summed E-state index contributed by atoms with van der Waals surface area (Å²) < 4.78 is 0. The molecule has 0 aliphatic rings. The van der Waals surface area contributed by atoms with Crippen molar-refractivity contribution in [1.82, 2.24) is 0 Å². The largest absolute Gasteiger partial charge is 0.402 e. The molecule has 0 fully saturated rings. The van der Waals surface area contributed by atoms with Crippen LogP contribution in [0, 0.1) is 0 Å². The molecule has 56 valence electrons. The normalized spacial score (nSPS) is 13.4. The number of hydrogen-bond donors (Lipinski definition) is 1. The quantitative estimate of drug-likeness (QED) is 0.594. The van der Waals surface area contributed by atoms with Gasteiger partial charge in [0.15, 0.2) is 0 Å². The Labute approximate surface area is 62.9 Å². The van der Waals surface area contributed by atoms with Crippen molar-refractivity contribution in [1.29, 1.82) is 0 Å². The third kappa shape index (κ3) is 3.13. The minimum Gasteiger partial charge on any atom is -0.402 e. The van der Waals surface area contributed by atoms with Crippen LogP contribution in [0.3, 0.4) is 0 Å². The lowest BCUT2D eigenvalue weighted by molar-refractivity contribution is 1.21. The molecule has 0 heterocycles. The monoisotopic (exact) mass is 137 g/mol. The Hall–Kier alpha value is -0.980. The van der Waals surface area contributed by atoms with Gasteiger partial charge in [-0.3, -0.25) is 0 Å². The van der Waals surface area contributed by atoms with Gasteiger partial charge in [0, 0.05) is 5.70 Å². The predicted octanol–water partition coefficient (Wildman–Crippen LogP) is 2.37. The van der Waals surface area contributed by atoms with Crippen LogP contribution < -0.4 is 5.73 Å². The van der Waals surface area contributed by atoms with E-state index in [4.69, 9.17) is 5.73 Å². The van der Waals surface area contributed by atoms with Crippen LogP contribution in [-0.4, -0.2) is 0 Å². The van der Waals surface area contributed by atoms with Gasteiger partial charge in [0.05, 0.1) is 0 Å². The number of nitrogens with two attached hydrogens (primary N) is 1. The maximum absolute atomic E-state index is 5.55. The van der Waals surface area contributed by atoms with Crippen molar-refractivity contribution in [2.45, 2.75) is 20.3 Å². The van der Waals surface area contributed by atoms with Crippen molar-refractivity contribution < 1.29 is 0 Å². The SMILES string of the molecule is C=CC(/C=C\CC)=C(/C)N. The van der Waals surface area contributed by atoms with Gasteiger partial charge in [-0.15, -0.1) is 0 Å². The van der Waals surface area contributed by atoms with Gasteiger partial charge in [-0.05, 0) is 18.9 Å². The second-order valence-corrected chi connectivity index (χ2v) is 2.15. The molecule has 0 saturated heterocycles. The van der Waals surface area contributed by atoms with E-state index in [0.29, 0.717) is 0 Å². The summed E-state index contributed by atoms with van der Waals surface area (Å²) in [4.78, 5) is 0. The first kappa shape index (κ1) is 9.02. The van der Waals surface area contributed by atoms with E-state index in [-0.39, 0.29) is 0 Å². The molecule has 0 rings (SSSR count). The van der Waals surface area contributed by atoms with Crippen LogP contribution in [0.5, 0.6) is 0 Å². The minimum absolute atomic E-state index is 0.819. The topological polar surface area (TPSA) is 26.0 Å². The Morgan fingerprint density at radius 3 is 2.50 bits per heavy atom. The highest BCUT2D eigenvalue weighted by Crippen LogP contribution is 2.01. The second-order valence-electron chi connectivity index (χ2n) is 2.15. The zero-order valence-electron chi connectivity index (χ0n) is 6.72. The summed E-state index contributed by atoms with van der Waals surface area (Å²) in [5.74, 6) is 0. The fraction of sp³-hybridized carbons (Fsp3) is 0.333. The van der Waals surface area contributed by atoms with Crippen LogP contribution in [0.4, 0.5) is 0 Å². The van der Waals surface area contributed by atoms with Gasteiger partial charge < -0.3 is 5.73 Å². The van der Waals surface area contributed by atoms with Gasteiger partial charge >= 0.3 is 0 Å². The first-order valence-electron chi connectivity index (χ1n) is 3.47. The van der Waals surface area contributed by atoms with Crippen LogP contribution in [-0.2, 0) is 0 Å². The maximum Gasteiger partial charge on any atom is 0.0122 e. The van der Waals surface area contributed by atoms with E-state index in [1.807, 2.05) is 13.0 Å². The van der Waals surface area contributed by atoms with E-state index in [2.05, 4.69) is 19.6 Å². The van der Waals surface area contributed by atoms with Crippen molar-refractivity contribution in [3.05, 3.63) is 36.1 Å². The molecule has 0 saturated carbocycles. The molecule has 0 aliphatic heterocycles. The minimum atomic E-state index is 0.819. The molecule has 0 aromatic heterocycles. The summed E-state index contributed by atoms with van der Waals surface area (Å²) in [6.45, 7) is 7.60. The lowest BCUT2D eigenvalue weighted by Crippen LogP contribution is -1.93. The van der Waals surface area contributed by atoms with Crippen molar-refractivity contribution in [2.75, 3.05) is 0 Å². The van der Waals surface area contributed by atoms with E-state index >= 15 is 0 Å². The summed E-state index contributed by atoms with van der Waals surface area (Å²) in [5.41, 5.74) is 7.38. The predicted molar refractivity (Wildman–Crippen MR) is 46.5 cm³/mol. The fourth-order valence-corrected chi connectivity index (χ4v) is 0.605. The summed E-state index contributed by atoms with van der Waals surface area (Å²) in [6.07, 6.45) is 6.85. The van der Waals surface area contributed by atoms with Crippen LogP contribution in [0.2, 0.25) is 0 Å². The lowest BCUT2D eigenvalue weighted by atomic mass is 10.2. The highest BCUT2D eigenvalue weighted by Gasteiger charge is 1.85. The van der Waals surface area contributed by atoms with Gasteiger partial charge in [-0.2, -0.15) is 0 Å². The van der Waals surface area contributed by atoms with Crippen LogP contribution in [0.25, 0.3) is 0 Å². The van der Waals surface area contributed by atoms with E-state index in [1.165, 1.54) is 0 Å². The maximum atomic E-state index is 5.55. The van der Waals surface area contributed by atoms with E-state index in [0.717, 1.165) is 17.7 Å². The summed E-state index contributed by atoms with van der Waals surface area (Å²) in [5, 5.41) is 0. The molecular weight excluding hydrogens is 122 g/mol. The molecule has 0 aliphatic carbocycles. The van der Waals surface area contributed by atoms with Gasteiger partial charge in [-0.25, -0.2) is 0 Å². The molecule has 1 nitrogen and oxygen atoms in total. The van der Waals surface area contributed by atoms with Crippen LogP contribution in [0.15, 0.2) is 36.1 Å². The molecule has 0 unspecified atom stereocenters. The highest BCUT2D eigenvalue weighted by atomic mass is 14.6. The third-order valence-corrected chi connectivity index (χ3v) is 1.21. The Morgan fingerprint density at radius 1 is 1.60 bits per heavy atom. The fourth-order valence-electron chi connectivity index (χ4n) is 0.605. The average Bonchev–Trinajstić information content (AvgIpc) is 1.89. The van der Waals surface area contributed by atoms with E-state index in [1.54, 1.807) is 6.08 Å². The number of allylic oxidation sites excluding steroid dienone is 5. The van der Waals surface area contributed by atoms with Crippen molar-refractivity contribution in [2.24, 2.45) is 5.73 Å². The Bertz CT molecular complexity index is 160. The van der Waals surface area contributed by atoms with Gasteiger partial charge in [0.2, 0.25) is 0 Å². The molecule has 1 heteroatoms. The van der Waals surface area contributed by atoms with Gasteiger partial charge in [0.25, 0.3) is 0 Å². The Morgan fingerprint density at radius 2 is 2.20 bits per heavy atom. The van der Waals surface area contributed by atoms with E-state index < -0.39 is 0 Å². The molecule has 0 bridgehead atoms. The molecule has 0 amide bonds. The molecule has 10 heavy (non-hydrogen) atoms. The second kappa shape index (κ2) is 4.86. The van der Waals surface area contributed by atoms with Crippen molar-refractivity contribution >= 4 is 0 Å². The van der Waals surface area contributed by atoms with Crippen LogP contribution >= 0.6 is 0 Å². The number of hydrogen-bond acceptors (Lipinski definition) is 1. The third-order valence-electron chi connectivity index (χ3n) is 1.21. The number of rotatable bonds is 3.